The minimum Gasteiger partial charge on any atom is -0.377 e. The summed E-state index contributed by atoms with van der Waals surface area (Å²) in [6.07, 6.45) is 8.16. The predicted molar refractivity (Wildman–Crippen MR) is 71.0 cm³/mol. The summed E-state index contributed by atoms with van der Waals surface area (Å²) >= 11 is 0. The largest absolute Gasteiger partial charge is 0.377 e. The zero-order valence-electron chi connectivity index (χ0n) is 11.3. The molecule has 0 bridgehead atoms. The summed E-state index contributed by atoms with van der Waals surface area (Å²) in [6, 6.07) is 0. The van der Waals surface area contributed by atoms with Crippen LogP contribution in [0, 0.1) is 5.41 Å². The number of hydrogen-bond acceptors (Lipinski definition) is 3. The predicted octanol–water partition coefficient (Wildman–Crippen LogP) is 2.01. The first kappa shape index (κ1) is 13.3. The van der Waals surface area contributed by atoms with Crippen LogP contribution in [0.2, 0.25) is 0 Å². The van der Waals surface area contributed by atoms with Crippen LogP contribution in [0.25, 0.3) is 0 Å². The molecule has 2 N–H and O–H groups in total. The van der Waals surface area contributed by atoms with E-state index in [0.717, 1.165) is 26.1 Å². The van der Waals surface area contributed by atoms with Gasteiger partial charge in [-0.1, -0.05) is 6.92 Å². The van der Waals surface area contributed by atoms with Gasteiger partial charge in [-0.15, -0.1) is 0 Å². The molecule has 2 aliphatic rings. The maximum atomic E-state index is 5.89. The molecule has 1 saturated carbocycles. The van der Waals surface area contributed by atoms with Gasteiger partial charge in [-0.3, -0.25) is 0 Å². The second kappa shape index (κ2) is 6.17. The van der Waals surface area contributed by atoms with Crippen LogP contribution < -0.4 is 5.73 Å². The van der Waals surface area contributed by atoms with Crippen molar-refractivity contribution >= 4 is 0 Å². The zero-order valence-corrected chi connectivity index (χ0v) is 11.3. The highest BCUT2D eigenvalue weighted by molar-refractivity contribution is 4.96. The third kappa shape index (κ3) is 3.94. The maximum absolute atomic E-state index is 5.89. The molecule has 0 amide bonds. The van der Waals surface area contributed by atoms with Crippen LogP contribution in [0.3, 0.4) is 0 Å². The van der Waals surface area contributed by atoms with E-state index in [1.165, 1.54) is 45.2 Å². The lowest BCUT2D eigenvalue weighted by atomic mass is 9.99. The van der Waals surface area contributed by atoms with E-state index in [9.17, 15) is 0 Å². The Hall–Kier alpha value is -0.120. The van der Waals surface area contributed by atoms with Gasteiger partial charge >= 0.3 is 0 Å². The van der Waals surface area contributed by atoms with Crippen molar-refractivity contribution in [3.8, 4) is 0 Å². The van der Waals surface area contributed by atoms with Gasteiger partial charge in [0.05, 0.1) is 6.10 Å². The Morgan fingerprint density at radius 3 is 2.88 bits per heavy atom. The third-order valence-corrected chi connectivity index (χ3v) is 4.21. The Bertz CT molecular complexity index is 228. The van der Waals surface area contributed by atoms with Crippen LogP contribution >= 0.6 is 0 Å². The van der Waals surface area contributed by atoms with E-state index in [2.05, 4.69) is 11.8 Å². The fourth-order valence-corrected chi connectivity index (χ4v) is 3.02. The van der Waals surface area contributed by atoms with E-state index < -0.39 is 0 Å². The van der Waals surface area contributed by atoms with E-state index in [4.69, 9.17) is 10.5 Å². The van der Waals surface area contributed by atoms with Crippen molar-refractivity contribution in [2.45, 2.75) is 51.6 Å². The second-order valence-electron chi connectivity index (χ2n) is 5.91. The van der Waals surface area contributed by atoms with Gasteiger partial charge < -0.3 is 15.4 Å². The zero-order chi connectivity index (χ0) is 12.1. The summed E-state index contributed by atoms with van der Waals surface area (Å²) in [4.78, 5) is 2.62. The van der Waals surface area contributed by atoms with Crippen LogP contribution in [0.4, 0.5) is 0 Å². The summed E-state index contributed by atoms with van der Waals surface area (Å²) in [5, 5.41) is 0. The standard InChI is InChI=1S/C14H28N2O/c1-2-10-17-13-4-3-9-16(11-13)12-14(5-6-14)7-8-15/h13H,2-12,15H2,1H3. The highest BCUT2D eigenvalue weighted by Gasteiger charge is 2.43. The van der Waals surface area contributed by atoms with Crippen molar-refractivity contribution in [3.63, 3.8) is 0 Å². The number of hydrogen-bond donors (Lipinski definition) is 1. The quantitative estimate of drug-likeness (QED) is 0.740. The number of ether oxygens (including phenoxy) is 1. The molecule has 0 aromatic carbocycles. The van der Waals surface area contributed by atoms with E-state index in [1.54, 1.807) is 0 Å². The maximum Gasteiger partial charge on any atom is 0.0702 e. The van der Waals surface area contributed by atoms with E-state index in [-0.39, 0.29) is 0 Å². The number of nitrogens with two attached hydrogens (primary N) is 1. The van der Waals surface area contributed by atoms with Crippen molar-refractivity contribution in [3.05, 3.63) is 0 Å². The molecule has 2 rings (SSSR count). The van der Waals surface area contributed by atoms with Gasteiger partial charge in [0.2, 0.25) is 0 Å². The molecule has 1 atom stereocenters. The fraction of sp³-hybridized carbons (Fsp3) is 1.00. The molecule has 1 aliphatic heterocycles. The molecule has 1 heterocycles. The lowest BCUT2D eigenvalue weighted by Crippen LogP contribution is -2.42. The smallest absolute Gasteiger partial charge is 0.0702 e. The Labute approximate surface area is 106 Å². The Morgan fingerprint density at radius 2 is 2.24 bits per heavy atom. The Kier molecular flexibility index (Phi) is 4.83. The monoisotopic (exact) mass is 240 g/mol. The van der Waals surface area contributed by atoms with Gasteiger partial charge in [0.25, 0.3) is 0 Å². The topological polar surface area (TPSA) is 38.5 Å². The molecule has 0 aromatic rings. The molecule has 1 saturated heterocycles. The molecule has 1 aliphatic carbocycles. The van der Waals surface area contributed by atoms with Gasteiger partial charge in [-0.2, -0.15) is 0 Å². The normalized spacial score (nSPS) is 28.2. The first-order valence-electron chi connectivity index (χ1n) is 7.32. The molecule has 0 radical (unpaired) electrons. The van der Waals surface area contributed by atoms with Crippen molar-refractivity contribution in [2.24, 2.45) is 11.1 Å². The van der Waals surface area contributed by atoms with E-state index in [1.807, 2.05) is 0 Å². The molecule has 0 aromatic heterocycles. The van der Waals surface area contributed by atoms with Crippen LogP contribution in [0.5, 0.6) is 0 Å². The first-order chi connectivity index (χ1) is 8.28. The number of likely N-dealkylation sites (tertiary alicyclic amines) is 1. The molecule has 17 heavy (non-hydrogen) atoms. The lowest BCUT2D eigenvalue weighted by Gasteiger charge is -2.35. The van der Waals surface area contributed by atoms with Gasteiger partial charge in [0.15, 0.2) is 0 Å². The van der Waals surface area contributed by atoms with Crippen LogP contribution in [0.1, 0.15) is 45.4 Å². The van der Waals surface area contributed by atoms with Crippen molar-refractivity contribution in [1.82, 2.24) is 4.90 Å². The molecule has 3 nitrogen and oxygen atoms in total. The second-order valence-corrected chi connectivity index (χ2v) is 5.91. The molecule has 1 unspecified atom stereocenters. The fourth-order valence-electron chi connectivity index (χ4n) is 3.02. The Morgan fingerprint density at radius 1 is 1.41 bits per heavy atom. The lowest BCUT2D eigenvalue weighted by molar-refractivity contribution is -0.00537. The van der Waals surface area contributed by atoms with Crippen molar-refractivity contribution in [2.75, 3.05) is 32.8 Å². The van der Waals surface area contributed by atoms with Gasteiger partial charge in [-0.25, -0.2) is 0 Å². The summed E-state index contributed by atoms with van der Waals surface area (Å²) in [5.74, 6) is 0. The van der Waals surface area contributed by atoms with Crippen LogP contribution in [0.15, 0.2) is 0 Å². The highest BCUT2D eigenvalue weighted by atomic mass is 16.5. The number of nitrogens with zero attached hydrogens (tertiary/aromatic N) is 1. The third-order valence-electron chi connectivity index (χ3n) is 4.21. The summed E-state index contributed by atoms with van der Waals surface area (Å²) < 4.78 is 5.89. The molecular formula is C14H28N2O. The van der Waals surface area contributed by atoms with Crippen molar-refractivity contribution < 1.29 is 4.74 Å². The number of rotatable bonds is 7. The van der Waals surface area contributed by atoms with E-state index in [0.29, 0.717) is 11.5 Å². The summed E-state index contributed by atoms with van der Waals surface area (Å²) in [7, 11) is 0. The van der Waals surface area contributed by atoms with E-state index >= 15 is 0 Å². The van der Waals surface area contributed by atoms with Gasteiger partial charge in [-0.05, 0) is 57.0 Å². The molecule has 3 heteroatoms. The van der Waals surface area contributed by atoms with Gasteiger partial charge in [0, 0.05) is 19.7 Å². The Balaban J connectivity index is 1.73. The molecular weight excluding hydrogens is 212 g/mol. The average molecular weight is 240 g/mol. The minimum absolute atomic E-state index is 0.484. The first-order valence-corrected chi connectivity index (χ1v) is 7.32. The number of piperidine rings is 1. The molecule has 0 spiro atoms. The summed E-state index contributed by atoms with van der Waals surface area (Å²) in [6.45, 7) is 7.62. The minimum atomic E-state index is 0.484. The van der Waals surface area contributed by atoms with Crippen LogP contribution in [-0.4, -0.2) is 43.8 Å². The average Bonchev–Trinajstić information content (AvgIpc) is 3.07. The van der Waals surface area contributed by atoms with Crippen LogP contribution in [-0.2, 0) is 4.74 Å². The summed E-state index contributed by atoms with van der Waals surface area (Å²) in [5.41, 5.74) is 6.29. The SMILES string of the molecule is CCCOC1CCCN(CC2(CCN)CC2)C1. The molecule has 2 fully saturated rings. The van der Waals surface area contributed by atoms with Gasteiger partial charge in [0.1, 0.15) is 0 Å². The van der Waals surface area contributed by atoms with Crippen molar-refractivity contribution in [1.29, 1.82) is 0 Å². The highest BCUT2D eigenvalue weighted by Crippen LogP contribution is 2.49. The molecule has 100 valence electrons.